The first kappa shape index (κ1) is 13.1. The lowest BCUT2D eigenvalue weighted by molar-refractivity contribution is -0.136. The van der Waals surface area contributed by atoms with Crippen molar-refractivity contribution in [3.05, 3.63) is 30.3 Å². The molecule has 2 N–H and O–H groups in total. The van der Waals surface area contributed by atoms with Crippen LogP contribution in [-0.4, -0.2) is 19.5 Å². The Morgan fingerprint density at radius 2 is 1.94 bits per heavy atom. The van der Waals surface area contributed by atoms with Crippen LogP contribution in [-0.2, 0) is 14.8 Å². The number of carbonyl (C=O) groups is 1. The quantitative estimate of drug-likeness (QED) is 0.614. The van der Waals surface area contributed by atoms with Crippen LogP contribution in [0, 0.1) is 12.0 Å². The van der Waals surface area contributed by atoms with Gasteiger partial charge in [0.15, 0.2) is 0 Å². The fourth-order valence-electron chi connectivity index (χ4n) is 0.994. The van der Waals surface area contributed by atoms with Crippen LogP contribution in [0.2, 0.25) is 0 Å². The normalized spacial score (nSPS) is 10.1. The van der Waals surface area contributed by atoms with Gasteiger partial charge < -0.3 is 5.11 Å². The van der Waals surface area contributed by atoms with Crippen LogP contribution >= 0.6 is 0 Å². The van der Waals surface area contributed by atoms with Crippen LogP contribution in [0.4, 0.5) is 0 Å². The van der Waals surface area contributed by atoms with Crippen molar-refractivity contribution in [1.82, 2.24) is 4.72 Å². The summed E-state index contributed by atoms with van der Waals surface area (Å²) in [5.74, 6) is 1.45. The Hall–Kier alpha value is -2.00. The highest BCUT2D eigenvalue weighted by Gasteiger charge is 2.10. The Labute approximate surface area is 99.5 Å². The smallest absolute Gasteiger partial charge is 0.304 e. The van der Waals surface area contributed by atoms with Gasteiger partial charge in [0, 0.05) is 12.5 Å². The third-order valence-electron chi connectivity index (χ3n) is 1.79. The van der Waals surface area contributed by atoms with Crippen molar-refractivity contribution in [2.75, 3.05) is 0 Å². The second-order valence-electron chi connectivity index (χ2n) is 3.11. The van der Waals surface area contributed by atoms with Gasteiger partial charge in [-0.25, -0.2) is 13.1 Å². The number of benzene rings is 1. The minimum atomic E-state index is -3.63. The van der Waals surface area contributed by atoms with Crippen LogP contribution in [0.5, 0.6) is 0 Å². The predicted octanol–water partition coefficient (Wildman–Crippen LogP) is 0.791. The van der Waals surface area contributed by atoms with E-state index < -0.39 is 16.0 Å². The minimum absolute atomic E-state index is 0.104. The fraction of sp³-hybridized carbons (Fsp3) is 0.182. The monoisotopic (exact) mass is 253 g/mol. The van der Waals surface area contributed by atoms with E-state index in [9.17, 15) is 13.2 Å². The van der Waals surface area contributed by atoms with Gasteiger partial charge >= 0.3 is 5.97 Å². The summed E-state index contributed by atoms with van der Waals surface area (Å²) in [4.78, 5) is 10.3. The Morgan fingerprint density at radius 1 is 1.29 bits per heavy atom. The zero-order chi connectivity index (χ0) is 12.7. The second-order valence-corrected chi connectivity index (χ2v) is 4.80. The summed E-state index contributed by atoms with van der Waals surface area (Å²) < 4.78 is 25.3. The summed E-state index contributed by atoms with van der Waals surface area (Å²) in [6.07, 6.45) is -0.00723. The van der Waals surface area contributed by atoms with E-state index in [1.807, 2.05) is 0 Å². The van der Waals surface area contributed by atoms with E-state index in [-0.39, 0.29) is 17.7 Å². The third-order valence-corrected chi connectivity index (χ3v) is 3.05. The Bertz CT molecular complexity index is 540. The first-order valence-electron chi connectivity index (χ1n) is 4.79. The maximum atomic E-state index is 11.6. The molecule has 0 radical (unpaired) electrons. The average molecular weight is 253 g/mol. The lowest BCUT2D eigenvalue weighted by Gasteiger charge is -2.00. The number of aliphatic carboxylic acids is 1. The molecule has 6 heteroatoms. The molecule has 1 rings (SSSR count). The van der Waals surface area contributed by atoms with Crippen LogP contribution in [0.1, 0.15) is 12.8 Å². The molecule has 0 bridgehead atoms. The van der Waals surface area contributed by atoms with Gasteiger partial charge in [-0.2, -0.15) is 0 Å². The van der Waals surface area contributed by atoms with E-state index in [2.05, 4.69) is 16.7 Å². The number of hydrogen-bond donors (Lipinski definition) is 2. The molecule has 0 aliphatic heterocycles. The lowest BCUT2D eigenvalue weighted by Crippen LogP contribution is -2.18. The molecule has 0 unspecified atom stereocenters. The topological polar surface area (TPSA) is 83.5 Å². The van der Waals surface area contributed by atoms with Crippen molar-refractivity contribution in [2.45, 2.75) is 17.7 Å². The number of rotatable bonds is 4. The highest BCUT2D eigenvalue weighted by atomic mass is 32.2. The summed E-state index contributed by atoms with van der Waals surface area (Å²) in [5, 5.41) is 8.34. The molecule has 0 heterocycles. The number of nitrogens with one attached hydrogen (secondary N) is 1. The van der Waals surface area contributed by atoms with Gasteiger partial charge in [-0.1, -0.05) is 24.1 Å². The Balaban J connectivity index is 2.60. The van der Waals surface area contributed by atoms with Crippen LogP contribution in [0.3, 0.4) is 0 Å². The summed E-state index contributed by atoms with van der Waals surface area (Å²) in [7, 11) is -3.63. The Morgan fingerprint density at radius 3 is 2.53 bits per heavy atom. The molecule has 0 aromatic heterocycles. The van der Waals surface area contributed by atoms with Gasteiger partial charge in [0.1, 0.15) is 0 Å². The van der Waals surface area contributed by atoms with Gasteiger partial charge in [0.05, 0.1) is 11.3 Å². The molecule has 0 atom stereocenters. The van der Waals surface area contributed by atoms with E-state index in [1.165, 1.54) is 12.1 Å². The standard InChI is InChI=1S/C11H11NO4S/c13-11(14)8-4-5-9-12-17(15,16)10-6-2-1-3-7-10/h1-3,6-7,12H,4,8H2,(H,13,14). The first-order chi connectivity index (χ1) is 8.02. The highest BCUT2D eigenvalue weighted by molar-refractivity contribution is 7.89. The molecule has 0 amide bonds. The molecule has 90 valence electrons. The fourth-order valence-corrected chi connectivity index (χ4v) is 1.83. The van der Waals surface area contributed by atoms with Crippen molar-refractivity contribution >= 4 is 16.0 Å². The summed E-state index contributed by atoms with van der Waals surface area (Å²) in [6.45, 7) is 0. The van der Waals surface area contributed by atoms with E-state index >= 15 is 0 Å². The van der Waals surface area contributed by atoms with Crippen LogP contribution in [0.15, 0.2) is 35.2 Å². The maximum absolute atomic E-state index is 11.6. The van der Waals surface area contributed by atoms with E-state index in [0.717, 1.165) is 0 Å². The van der Waals surface area contributed by atoms with Crippen molar-refractivity contribution in [1.29, 1.82) is 0 Å². The summed E-state index contributed by atoms with van der Waals surface area (Å²) in [5.41, 5.74) is 0. The van der Waals surface area contributed by atoms with Crippen LogP contribution in [0.25, 0.3) is 0 Å². The van der Waals surface area contributed by atoms with Crippen LogP contribution < -0.4 is 4.72 Å². The molecule has 0 aliphatic carbocycles. The first-order valence-corrected chi connectivity index (χ1v) is 6.27. The molecule has 0 saturated carbocycles. The van der Waals surface area contributed by atoms with E-state index in [0.29, 0.717) is 0 Å². The third kappa shape index (κ3) is 4.57. The molecule has 17 heavy (non-hydrogen) atoms. The van der Waals surface area contributed by atoms with Gasteiger partial charge in [0.25, 0.3) is 10.0 Å². The van der Waals surface area contributed by atoms with Gasteiger partial charge in [0.2, 0.25) is 0 Å². The van der Waals surface area contributed by atoms with Gasteiger partial charge in [-0.3, -0.25) is 4.79 Å². The maximum Gasteiger partial charge on any atom is 0.304 e. The van der Waals surface area contributed by atoms with E-state index in [4.69, 9.17) is 5.11 Å². The average Bonchev–Trinajstić information content (AvgIpc) is 2.29. The molecule has 0 fully saturated rings. The zero-order valence-corrected chi connectivity index (χ0v) is 9.70. The molecule has 5 nitrogen and oxygen atoms in total. The summed E-state index contributed by atoms with van der Waals surface area (Å²) >= 11 is 0. The van der Waals surface area contributed by atoms with Gasteiger partial charge in [-0.05, 0) is 12.1 Å². The minimum Gasteiger partial charge on any atom is -0.481 e. The molecule has 0 spiro atoms. The van der Waals surface area contributed by atoms with Crippen molar-refractivity contribution in [3.63, 3.8) is 0 Å². The second kappa shape index (κ2) is 5.92. The predicted molar refractivity (Wildman–Crippen MR) is 61.4 cm³/mol. The van der Waals surface area contributed by atoms with Crippen molar-refractivity contribution in [3.8, 4) is 12.0 Å². The van der Waals surface area contributed by atoms with Crippen molar-refractivity contribution in [2.24, 2.45) is 0 Å². The van der Waals surface area contributed by atoms with Gasteiger partial charge in [-0.15, -0.1) is 0 Å². The highest BCUT2D eigenvalue weighted by Crippen LogP contribution is 2.05. The largest absolute Gasteiger partial charge is 0.481 e. The molecule has 1 aromatic rings. The number of sulfonamides is 1. The molecular formula is C11H11NO4S. The Kier molecular flexibility index (Phi) is 4.55. The number of hydrogen-bond acceptors (Lipinski definition) is 3. The number of carboxylic acids is 1. The molecular weight excluding hydrogens is 242 g/mol. The van der Waals surface area contributed by atoms with Crippen molar-refractivity contribution < 1.29 is 18.3 Å². The van der Waals surface area contributed by atoms with E-state index in [1.54, 1.807) is 18.2 Å². The zero-order valence-electron chi connectivity index (χ0n) is 8.88. The summed E-state index contributed by atoms with van der Waals surface area (Å²) in [6, 6.07) is 10.0. The molecule has 1 aromatic carbocycles. The number of carboxylic acid groups (broad SMARTS) is 1. The molecule has 0 saturated heterocycles. The molecule has 0 aliphatic rings. The SMILES string of the molecule is O=C(O)CCC#CNS(=O)(=O)c1ccccc1. The lowest BCUT2D eigenvalue weighted by atomic mass is 10.3.